The molecule has 0 saturated carbocycles. The number of benzene rings is 1. The molecule has 4 N–H and O–H groups in total. The Morgan fingerprint density at radius 1 is 1.47 bits per heavy atom. The van der Waals surface area contributed by atoms with E-state index in [-0.39, 0.29) is 17.2 Å². The first-order valence-corrected chi connectivity index (χ1v) is 5.63. The lowest BCUT2D eigenvalue weighted by Crippen LogP contribution is -2.26. The van der Waals surface area contributed by atoms with Crippen LogP contribution in [-0.2, 0) is 4.79 Å². The Kier molecular flexibility index (Phi) is 5.31. The van der Waals surface area contributed by atoms with Gasteiger partial charge >= 0.3 is 0 Å². The van der Waals surface area contributed by atoms with Gasteiger partial charge < -0.3 is 11.1 Å². The molecule has 5 nitrogen and oxygen atoms in total. The Morgan fingerprint density at radius 2 is 2.16 bits per heavy atom. The Labute approximate surface area is 113 Å². The van der Waals surface area contributed by atoms with E-state index in [2.05, 4.69) is 28.1 Å². The number of thiocarbonyl (C=S) groups is 1. The highest BCUT2D eigenvalue weighted by molar-refractivity contribution is 7.80. The fourth-order valence-electron chi connectivity index (χ4n) is 1.21. The molecule has 0 unspecified atom stereocenters. The number of halogens is 2. The van der Waals surface area contributed by atoms with Crippen molar-refractivity contribution >= 4 is 34.6 Å². The van der Waals surface area contributed by atoms with Gasteiger partial charge in [0.05, 0.1) is 12.1 Å². The Hall–Kier alpha value is -2.09. The van der Waals surface area contributed by atoms with Crippen molar-refractivity contribution in [3.63, 3.8) is 0 Å². The maximum absolute atomic E-state index is 13.3. The summed E-state index contributed by atoms with van der Waals surface area (Å²) in [4.78, 5) is 11.6. The third kappa shape index (κ3) is 5.38. The van der Waals surface area contributed by atoms with Gasteiger partial charge in [-0.05, 0) is 31.3 Å². The standard InChI is InChI=1S/C11H12F2N4OS/c1-6(16-17-11(14)19)4-10(18)15-9-3-2-7(12)5-8(9)13/h2-3,5H,4H2,1H3,(H,15,18)(H3,14,17,19). The van der Waals surface area contributed by atoms with Crippen LogP contribution in [0.2, 0.25) is 0 Å². The molecule has 0 saturated heterocycles. The molecular formula is C11H12F2N4OS. The normalized spacial score (nSPS) is 11.0. The number of carbonyl (C=O) groups is 1. The molecular weight excluding hydrogens is 274 g/mol. The minimum Gasteiger partial charge on any atom is -0.375 e. The number of hydrogen-bond donors (Lipinski definition) is 3. The van der Waals surface area contributed by atoms with E-state index in [0.717, 1.165) is 12.1 Å². The average molecular weight is 286 g/mol. The average Bonchev–Trinajstić information content (AvgIpc) is 2.30. The van der Waals surface area contributed by atoms with Gasteiger partial charge in [-0.25, -0.2) is 8.78 Å². The van der Waals surface area contributed by atoms with E-state index in [1.807, 2.05) is 0 Å². The summed E-state index contributed by atoms with van der Waals surface area (Å²) in [5.74, 6) is -2.05. The second-order valence-corrected chi connectivity index (χ2v) is 4.11. The highest BCUT2D eigenvalue weighted by Crippen LogP contribution is 2.15. The van der Waals surface area contributed by atoms with Crippen LogP contribution in [0.1, 0.15) is 13.3 Å². The molecule has 1 aromatic rings. The van der Waals surface area contributed by atoms with Gasteiger partial charge in [-0.15, -0.1) is 0 Å². The van der Waals surface area contributed by atoms with E-state index in [4.69, 9.17) is 5.73 Å². The fourth-order valence-corrected chi connectivity index (χ4v) is 1.25. The van der Waals surface area contributed by atoms with Gasteiger partial charge in [-0.1, -0.05) is 0 Å². The minimum absolute atomic E-state index is 0.0238. The van der Waals surface area contributed by atoms with E-state index in [9.17, 15) is 13.6 Å². The molecule has 1 rings (SSSR count). The molecule has 0 spiro atoms. The maximum Gasteiger partial charge on any atom is 0.230 e. The van der Waals surface area contributed by atoms with E-state index in [0.29, 0.717) is 11.8 Å². The van der Waals surface area contributed by atoms with Gasteiger partial charge in [0.15, 0.2) is 5.11 Å². The molecule has 0 aliphatic heterocycles. The summed E-state index contributed by atoms with van der Waals surface area (Å²) in [5.41, 5.74) is 7.80. The van der Waals surface area contributed by atoms with Crippen molar-refractivity contribution in [1.82, 2.24) is 5.43 Å². The van der Waals surface area contributed by atoms with Gasteiger partial charge in [-0.3, -0.25) is 10.2 Å². The van der Waals surface area contributed by atoms with Crippen LogP contribution in [0.4, 0.5) is 14.5 Å². The van der Waals surface area contributed by atoms with Gasteiger partial charge in [-0.2, -0.15) is 5.10 Å². The van der Waals surface area contributed by atoms with Gasteiger partial charge in [0.2, 0.25) is 5.91 Å². The largest absolute Gasteiger partial charge is 0.375 e. The van der Waals surface area contributed by atoms with Crippen molar-refractivity contribution in [2.75, 3.05) is 5.32 Å². The summed E-state index contributed by atoms with van der Waals surface area (Å²) < 4.78 is 25.9. The predicted octanol–water partition coefficient (Wildman–Crippen LogP) is 1.50. The number of nitrogens with two attached hydrogens (primary N) is 1. The zero-order valence-electron chi connectivity index (χ0n) is 10.0. The molecule has 0 aromatic heterocycles. The van der Waals surface area contributed by atoms with Gasteiger partial charge in [0.1, 0.15) is 11.6 Å². The Bertz CT molecular complexity index is 533. The number of anilines is 1. The van der Waals surface area contributed by atoms with Crippen LogP contribution in [-0.4, -0.2) is 16.7 Å². The van der Waals surface area contributed by atoms with Crippen molar-refractivity contribution < 1.29 is 13.6 Å². The minimum atomic E-state index is -0.843. The van der Waals surface area contributed by atoms with Crippen LogP contribution in [0, 0.1) is 11.6 Å². The lowest BCUT2D eigenvalue weighted by atomic mass is 10.2. The van der Waals surface area contributed by atoms with Crippen molar-refractivity contribution in [1.29, 1.82) is 0 Å². The summed E-state index contributed by atoms with van der Waals surface area (Å²) in [6.45, 7) is 1.58. The molecule has 0 aliphatic carbocycles. The van der Waals surface area contributed by atoms with Crippen molar-refractivity contribution in [3.8, 4) is 0 Å². The topological polar surface area (TPSA) is 79.5 Å². The van der Waals surface area contributed by atoms with Gasteiger partial charge in [0, 0.05) is 11.8 Å². The van der Waals surface area contributed by atoms with E-state index in [1.165, 1.54) is 0 Å². The summed E-state index contributed by atoms with van der Waals surface area (Å²) in [6, 6.07) is 2.88. The zero-order chi connectivity index (χ0) is 14.4. The number of hydrazone groups is 1. The summed E-state index contributed by atoms with van der Waals surface area (Å²) in [7, 11) is 0. The first kappa shape index (κ1) is 15.0. The van der Waals surface area contributed by atoms with Crippen LogP contribution in [0.3, 0.4) is 0 Å². The lowest BCUT2D eigenvalue weighted by molar-refractivity contribution is -0.115. The van der Waals surface area contributed by atoms with Crippen LogP contribution < -0.4 is 16.5 Å². The molecule has 0 aliphatic rings. The van der Waals surface area contributed by atoms with Crippen molar-refractivity contribution in [2.24, 2.45) is 10.8 Å². The Morgan fingerprint density at radius 3 is 2.74 bits per heavy atom. The SMILES string of the molecule is CC(CC(=O)Nc1ccc(F)cc1F)=NNC(N)=S. The molecule has 102 valence electrons. The molecule has 0 heterocycles. The van der Waals surface area contributed by atoms with Crippen LogP contribution in [0.15, 0.2) is 23.3 Å². The molecule has 1 aromatic carbocycles. The first-order valence-electron chi connectivity index (χ1n) is 5.22. The van der Waals surface area contributed by atoms with E-state index < -0.39 is 17.5 Å². The fraction of sp³-hybridized carbons (Fsp3) is 0.182. The molecule has 0 atom stereocenters. The summed E-state index contributed by atoms with van der Waals surface area (Å²) in [5, 5.41) is 6.01. The van der Waals surface area contributed by atoms with Crippen molar-refractivity contribution in [2.45, 2.75) is 13.3 Å². The number of hydrogen-bond acceptors (Lipinski definition) is 3. The monoisotopic (exact) mass is 286 g/mol. The van der Waals surface area contributed by atoms with Crippen LogP contribution >= 0.6 is 12.2 Å². The maximum atomic E-state index is 13.3. The smallest absolute Gasteiger partial charge is 0.230 e. The lowest BCUT2D eigenvalue weighted by Gasteiger charge is -2.06. The van der Waals surface area contributed by atoms with Crippen molar-refractivity contribution in [3.05, 3.63) is 29.8 Å². The molecule has 1 amide bonds. The highest BCUT2D eigenvalue weighted by atomic mass is 32.1. The number of carbonyl (C=O) groups excluding carboxylic acids is 1. The molecule has 8 heteroatoms. The Balaban J connectivity index is 2.60. The van der Waals surface area contributed by atoms with Gasteiger partial charge in [0.25, 0.3) is 0 Å². The number of nitrogens with zero attached hydrogens (tertiary/aromatic N) is 1. The molecule has 0 bridgehead atoms. The summed E-state index contributed by atoms with van der Waals surface area (Å²) in [6.07, 6.45) is -0.0770. The molecule has 19 heavy (non-hydrogen) atoms. The van der Waals surface area contributed by atoms with E-state index >= 15 is 0 Å². The predicted molar refractivity (Wildman–Crippen MR) is 72.6 cm³/mol. The highest BCUT2D eigenvalue weighted by Gasteiger charge is 2.09. The third-order valence-electron chi connectivity index (χ3n) is 1.98. The molecule has 0 radical (unpaired) electrons. The number of amides is 1. The summed E-state index contributed by atoms with van der Waals surface area (Å²) >= 11 is 4.54. The first-order chi connectivity index (χ1) is 8.88. The third-order valence-corrected chi connectivity index (χ3v) is 2.07. The van der Waals surface area contributed by atoms with Crippen LogP contribution in [0.25, 0.3) is 0 Å². The second-order valence-electron chi connectivity index (χ2n) is 3.67. The zero-order valence-corrected chi connectivity index (χ0v) is 10.9. The molecule has 0 fully saturated rings. The number of rotatable bonds is 4. The quantitative estimate of drug-likeness (QED) is 0.445. The van der Waals surface area contributed by atoms with E-state index in [1.54, 1.807) is 6.92 Å². The van der Waals surface area contributed by atoms with Crippen LogP contribution in [0.5, 0.6) is 0 Å². The second kappa shape index (κ2) is 6.74. The number of nitrogens with one attached hydrogen (secondary N) is 2.